The van der Waals surface area contributed by atoms with E-state index in [2.05, 4.69) is 31.4 Å². The third kappa shape index (κ3) is 3.83. The fourth-order valence-corrected chi connectivity index (χ4v) is 3.79. The van der Waals surface area contributed by atoms with Crippen molar-refractivity contribution < 1.29 is 9.15 Å². The van der Waals surface area contributed by atoms with Gasteiger partial charge in [-0.25, -0.2) is 9.78 Å². The first-order chi connectivity index (χ1) is 13.6. The zero-order valence-electron chi connectivity index (χ0n) is 14.7. The summed E-state index contributed by atoms with van der Waals surface area (Å²) >= 11 is 4.75. The lowest BCUT2D eigenvalue weighted by Crippen LogP contribution is -2.01. The van der Waals surface area contributed by atoms with Crippen molar-refractivity contribution >= 4 is 49.6 Å². The summed E-state index contributed by atoms with van der Waals surface area (Å²) in [6.45, 7) is 0. The summed E-state index contributed by atoms with van der Waals surface area (Å²) in [5.74, 6) is 0.729. The van der Waals surface area contributed by atoms with Crippen molar-refractivity contribution in [2.24, 2.45) is 5.10 Å². The Morgan fingerprint density at radius 1 is 1.25 bits per heavy atom. The fourth-order valence-electron chi connectivity index (χ4n) is 2.65. The number of thiazole rings is 1. The topological polar surface area (TPSA) is 76.7 Å². The van der Waals surface area contributed by atoms with E-state index in [1.807, 2.05) is 36.4 Å². The van der Waals surface area contributed by atoms with E-state index < -0.39 is 5.63 Å². The number of halogens is 1. The number of hydrazone groups is 1. The number of nitrogens with zero attached hydrogens (tertiary/aromatic N) is 2. The highest BCUT2D eigenvalue weighted by atomic mass is 79.9. The minimum absolute atomic E-state index is 0.400. The average Bonchev–Trinajstić information content (AvgIpc) is 3.17. The quantitative estimate of drug-likeness (QED) is 0.256. The molecule has 2 aromatic carbocycles. The van der Waals surface area contributed by atoms with Gasteiger partial charge in [0.1, 0.15) is 11.3 Å². The number of hydrogen-bond acceptors (Lipinski definition) is 7. The molecule has 2 aromatic heterocycles. The molecular weight excluding hydrogens is 442 g/mol. The van der Waals surface area contributed by atoms with Crippen molar-refractivity contribution in [2.75, 3.05) is 12.5 Å². The van der Waals surface area contributed by atoms with Crippen molar-refractivity contribution in [3.63, 3.8) is 0 Å². The van der Waals surface area contributed by atoms with E-state index in [4.69, 9.17) is 9.15 Å². The number of rotatable bonds is 5. The predicted octanol–water partition coefficient (Wildman–Crippen LogP) is 5.13. The molecule has 0 aliphatic carbocycles. The number of nitrogens with one attached hydrogen (secondary N) is 1. The molecule has 0 spiro atoms. The van der Waals surface area contributed by atoms with Crippen LogP contribution in [-0.4, -0.2) is 18.3 Å². The Kier molecular flexibility index (Phi) is 5.23. The van der Waals surface area contributed by atoms with Gasteiger partial charge >= 0.3 is 5.63 Å². The minimum Gasteiger partial charge on any atom is -0.496 e. The first kappa shape index (κ1) is 18.4. The first-order valence-corrected chi connectivity index (χ1v) is 9.87. The van der Waals surface area contributed by atoms with Crippen molar-refractivity contribution in [1.29, 1.82) is 0 Å². The van der Waals surface area contributed by atoms with E-state index in [0.717, 1.165) is 21.2 Å². The molecule has 0 saturated carbocycles. The van der Waals surface area contributed by atoms with Gasteiger partial charge in [-0.1, -0.05) is 39.4 Å². The van der Waals surface area contributed by atoms with Crippen LogP contribution in [0.4, 0.5) is 5.13 Å². The molecule has 0 saturated heterocycles. The van der Waals surface area contributed by atoms with Crippen molar-refractivity contribution in [2.45, 2.75) is 0 Å². The molecule has 6 nitrogen and oxygen atoms in total. The van der Waals surface area contributed by atoms with Crippen LogP contribution < -0.4 is 15.8 Å². The molecule has 1 N–H and O–H groups in total. The summed E-state index contributed by atoms with van der Waals surface area (Å²) in [6, 6.07) is 14.9. The highest BCUT2D eigenvalue weighted by Crippen LogP contribution is 2.29. The maximum atomic E-state index is 12.3. The Balaban J connectivity index is 1.58. The molecule has 0 bridgehead atoms. The maximum absolute atomic E-state index is 12.3. The highest BCUT2D eigenvalue weighted by Gasteiger charge is 2.11. The number of benzene rings is 2. The molecule has 0 atom stereocenters. The summed E-state index contributed by atoms with van der Waals surface area (Å²) in [5, 5.41) is 5.60. The third-order valence-corrected chi connectivity index (χ3v) is 5.40. The first-order valence-electron chi connectivity index (χ1n) is 8.26. The predicted molar refractivity (Wildman–Crippen MR) is 116 cm³/mol. The minimum atomic E-state index is -0.400. The second-order valence-electron chi connectivity index (χ2n) is 5.77. The van der Waals surface area contributed by atoms with Crippen molar-refractivity contribution in [1.82, 2.24) is 4.98 Å². The van der Waals surface area contributed by atoms with Gasteiger partial charge in [0.2, 0.25) is 5.13 Å². The van der Waals surface area contributed by atoms with Crippen molar-refractivity contribution in [3.05, 3.63) is 75.2 Å². The normalized spacial score (nSPS) is 11.2. The standard InChI is InChI=1S/C20H14BrN3O3S/c1-26-16-5-3-2-4-12(16)10-23-24-20-22-11-18(28-20)15-9-13-8-14(21)6-7-17(13)27-19(15)25/h2-11H,1H3,(H,22,24)/b23-10+. The van der Waals surface area contributed by atoms with E-state index in [0.29, 0.717) is 21.2 Å². The summed E-state index contributed by atoms with van der Waals surface area (Å²) < 4.78 is 11.6. The third-order valence-electron chi connectivity index (χ3n) is 3.97. The lowest BCUT2D eigenvalue weighted by Gasteiger charge is -2.02. The molecule has 4 rings (SSSR count). The SMILES string of the molecule is COc1ccccc1/C=N/Nc1ncc(-c2cc3cc(Br)ccc3oc2=O)s1. The summed E-state index contributed by atoms with van der Waals surface area (Å²) in [6.07, 6.45) is 3.28. The maximum Gasteiger partial charge on any atom is 0.345 e. The fraction of sp³-hybridized carbons (Fsp3) is 0.0500. The van der Waals surface area contributed by atoms with Crippen LogP contribution in [0.1, 0.15) is 5.56 Å². The summed E-state index contributed by atoms with van der Waals surface area (Å²) in [7, 11) is 1.61. The van der Waals surface area contributed by atoms with E-state index in [1.54, 1.807) is 31.7 Å². The van der Waals surface area contributed by atoms with Crippen LogP contribution in [0.2, 0.25) is 0 Å². The van der Waals surface area contributed by atoms with E-state index in [1.165, 1.54) is 11.3 Å². The smallest absolute Gasteiger partial charge is 0.345 e. The second kappa shape index (κ2) is 7.95. The molecular formula is C20H14BrN3O3S. The molecule has 0 aliphatic rings. The largest absolute Gasteiger partial charge is 0.496 e. The Bertz CT molecular complexity index is 1230. The number of anilines is 1. The van der Waals surface area contributed by atoms with Crippen LogP contribution in [0.15, 0.2) is 73.5 Å². The zero-order valence-corrected chi connectivity index (χ0v) is 17.1. The van der Waals surface area contributed by atoms with Crippen LogP contribution in [0, 0.1) is 0 Å². The molecule has 140 valence electrons. The molecule has 0 amide bonds. The number of hydrogen-bond donors (Lipinski definition) is 1. The Labute approximate surface area is 172 Å². The Hall–Kier alpha value is -2.97. The molecule has 0 unspecified atom stereocenters. The lowest BCUT2D eigenvalue weighted by atomic mass is 10.2. The van der Waals surface area contributed by atoms with Gasteiger partial charge in [0, 0.05) is 21.6 Å². The molecule has 4 aromatic rings. The number of fused-ring (bicyclic) bond motifs is 1. The van der Waals surface area contributed by atoms with Gasteiger partial charge in [-0.05, 0) is 36.4 Å². The Morgan fingerprint density at radius 2 is 2.11 bits per heavy atom. The number of methoxy groups -OCH3 is 1. The molecule has 0 fully saturated rings. The van der Waals surface area contributed by atoms with Gasteiger partial charge in [-0.3, -0.25) is 5.43 Å². The van der Waals surface area contributed by atoms with Gasteiger partial charge in [-0.2, -0.15) is 5.10 Å². The second-order valence-corrected chi connectivity index (χ2v) is 7.72. The van der Waals surface area contributed by atoms with Crippen LogP contribution in [-0.2, 0) is 0 Å². The van der Waals surface area contributed by atoms with E-state index in [9.17, 15) is 4.79 Å². The molecule has 8 heteroatoms. The van der Waals surface area contributed by atoms with Crippen LogP contribution in [0.5, 0.6) is 5.75 Å². The summed E-state index contributed by atoms with van der Waals surface area (Å²) in [4.78, 5) is 17.3. The number of ether oxygens (including phenoxy) is 1. The van der Waals surface area contributed by atoms with Gasteiger partial charge in [-0.15, -0.1) is 0 Å². The van der Waals surface area contributed by atoms with Crippen LogP contribution in [0.25, 0.3) is 21.4 Å². The van der Waals surface area contributed by atoms with E-state index >= 15 is 0 Å². The molecule has 28 heavy (non-hydrogen) atoms. The monoisotopic (exact) mass is 455 g/mol. The molecule has 2 heterocycles. The van der Waals surface area contributed by atoms with Gasteiger partial charge in [0.15, 0.2) is 0 Å². The van der Waals surface area contributed by atoms with Crippen LogP contribution >= 0.6 is 27.3 Å². The number of aromatic nitrogens is 1. The Morgan fingerprint density at radius 3 is 2.96 bits per heavy atom. The summed E-state index contributed by atoms with van der Waals surface area (Å²) in [5.41, 5.74) is 4.33. The van der Waals surface area contributed by atoms with Gasteiger partial charge in [0.25, 0.3) is 0 Å². The van der Waals surface area contributed by atoms with Gasteiger partial charge < -0.3 is 9.15 Å². The van der Waals surface area contributed by atoms with Crippen LogP contribution in [0.3, 0.4) is 0 Å². The molecule has 0 aliphatic heterocycles. The average molecular weight is 456 g/mol. The van der Waals surface area contributed by atoms with Crippen molar-refractivity contribution in [3.8, 4) is 16.2 Å². The zero-order chi connectivity index (χ0) is 19.5. The molecule has 0 radical (unpaired) electrons. The lowest BCUT2D eigenvalue weighted by molar-refractivity contribution is 0.414. The number of para-hydroxylation sites is 1. The van der Waals surface area contributed by atoms with E-state index in [-0.39, 0.29) is 0 Å². The highest BCUT2D eigenvalue weighted by molar-refractivity contribution is 9.10. The van der Waals surface area contributed by atoms with Gasteiger partial charge in [0.05, 0.1) is 23.8 Å².